The van der Waals surface area contributed by atoms with Crippen molar-refractivity contribution in [1.29, 1.82) is 0 Å². The first-order chi connectivity index (χ1) is 39.9. The molecule has 1 spiro atoms. The minimum absolute atomic E-state index is 0.0146. The third kappa shape index (κ3) is 23.5. The van der Waals surface area contributed by atoms with Gasteiger partial charge in [-0.15, -0.1) is 5.06 Å². The molecule has 10 amide bonds. The fourth-order valence-corrected chi connectivity index (χ4v) is 9.72. The number of benzene rings is 1. The number of urea groups is 1. The summed E-state index contributed by atoms with van der Waals surface area (Å²) in [6.45, 7) is 12.9. The molecule has 26 heteroatoms. The number of rotatable bonds is 29. The molecule has 0 bridgehead atoms. The van der Waals surface area contributed by atoms with Crippen molar-refractivity contribution in [2.24, 2.45) is 17.6 Å². The SMILES string of the molecule is CC(=O)O[C@@H](C)/C=C\C(=O)N[C@@H]1C[C@H](C)[C@H](C/C=C(C)/C=C/[C@@H]2C[C@]3(CO3)C[C@@H](CC(=O)NNC(=O)OCc3ccc(NC(=O)[C@H](CCCNC(N)=O)NC(=O)[C@@H](NC(=O)CCCCCC(=O)ON4C(=O)CCC4=O)C(C)C)cc3)O2)O[C@@H]1C. The smallest absolute Gasteiger partial charge is 0.426 e. The number of nitrogens with two attached hydrogens (primary N) is 1. The number of allylic oxidation sites excluding steroid dienone is 2. The molecule has 5 rings (SSSR count). The number of hydroxylamine groups is 2. The highest BCUT2D eigenvalue weighted by Crippen LogP contribution is 2.43. The molecule has 4 aliphatic rings. The fraction of sp³-hybridized carbons (Fsp3) is 0.603. The third-order valence-electron chi connectivity index (χ3n) is 14.4. The Morgan fingerprint density at radius 3 is 2.21 bits per heavy atom. The van der Waals surface area contributed by atoms with E-state index in [0.29, 0.717) is 61.4 Å². The van der Waals surface area contributed by atoms with Crippen molar-refractivity contribution < 1.29 is 81.3 Å². The van der Waals surface area contributed by atoms with E-state index in [0.717, 1.165) is 12.0 Å². The Balaban J connectivity index is 1.01. The second kappa shape index (κ2) is 33.0. The molecular formula is C58H83N9O17. The Kier molecular flexibility index (Phi) is 26.3. The molecule has 0 unspecified atom stereocenters. The van der Waals surface area contributed by atoms with Crippen LogP contribution in [0.5, 0.6) is 0 Å². The minimum Gasteiger partial charge on any atom is -0.459 e. The van der Waals surface area contributed by atoms with Gasteiger partial charge in [0.2, 0.25) is 29.5 Å². The van der Waals surface area contributed by atoms with Crippen LogP contribution in [-0.2, 0) is 78.3 Å². The molecule has 0 aliphatic carbocycles. The highest BCUT2D eigenvalue weighted by Gasteiger charge is 2.51. The van der Waals surface area contributed by atoms with Crippen LogP contribution < -0.4 is 43.2 Å². The zero-order valence-corrected chi connectivity index (χ0v) is 49.0. The van der Waals surface area contributed by atoms with Crippen LogP contribution in [-0.4, -0.2) is 138 Å². The van der Waals surface area contributed by atoms with Crippen LogP contribution in [0.15, 0.2) is 60.2 Å². The van der Waals surface area contributed by atoms with Crippen LogP contribution in [0.3, 0.4) is 0 Å². The Morgan fingerprint density at radius 2 is 1.55 bits per heavy atom. The lowest BCUT2D eigenvalue weighted by Gasteiger charge is -2.39. The van der Waals surface area contributed by atoms with E-state index in [1.165, 1.54) is 19.1 Å². The lowest BCUT2D eigenvalue weighted by atomic mass is 9.88. The average Bonchev–Trinajstić information content (AvgIpc) is 4.30. The van der Waals surface area contributed by atoms with Crippen LogP contribution >= 0.6 is 0 Å². The maximum absolute atomic E-state index is 13.6. The van der Waals surface area contributed by atoms with Gasteiger partial charge in [0, 0.05) is 63.8 Å². The molecule has 84 heavy (non-hydrogen) atoms. The van der Waals surface area contributed by atoms with Crippen LogP contribution in [0.2, 0.25) is 0 Å². The summed E-state index contributed by atoms with van der Waals surface area (Å²) >= 11 is 0. The average molecular weight is 1180 g/mol. The number of hydrogen-bond acceptors (Lipinski definition) is 17. The highest BCUT2D eigenvalue weighted by molar-refractivity contribution is 6.01. The number of unbranched alkanes of at least 4 members (excludes halogenated alkanes) is 2. The first-order valence-corrected chi connectivity index (χ1v) is 28.6. The molecule has 4 heterocycles. The zero-order chi connectivity index (χ0) is 61.5. The number of ether oxygens (including phenoxy) is 5. The molecule has 1 aromatic carbocycles. The van der Waals surface area contributed by atoms with E-state index in [-0.39, 0.29) is 106 Å². The van der Waals surface area contributed by atoms with Gasteiger partial charge in [-0.05, 0) is 94.9 Å². The molecule has 462 valence electrons. The Hall–Kier alpha value is -7.71. The molecule has 9 N–H and O–H groups in total. The predicted molar refractivity (Wildman–Crippen MR) is 301 cm³/mol. The van der Waals surface area contributed by atoms with E-state index in [1.807, 2.05) is 26.0 Å². The minimum atomic E-state index is -1.11. The fourth-order valence-electron chi connectivity index (χ4n) is 9.72. The lowest BCUT2D eigenvalue weighted by molar-refractivity contribution is -0.197. The van der Waals surface area contributed by atoms with Gasteiger partial charge in [0.1, 0.15) is 24.8 Å². The van der Waals surface area contributed by atoms with Crippen molar-refractivity contribution >= 4 is 71.1 Å². The topological polar surface area (TPSA) is 360 Å². The van der Waals surface area contributed by atoms with Crippen molar-refractivity contribution in [3.63, 3.8) is 0 Å². The maximum atomic E-state index is 13.6. The van der Waals surface area contributed by atoms with Crippen LogP contribution in [0.25, 0.3) is 0 Å². The number of hydrazine groups is 1. The van der Waals surface area contributed by atoms with Gasteiger partial charge < -0.3 is 60.8 Å². The highest BCUT2D eigenvalue weighted by atomic mass is 16.7. The first-order valence-electron chi connectivity index (χ1n) is 28.6. The van der Waals surface area contributed by atoms with E-state index in [1.54, 1.807) is 45.0 Å². The first kappa shape index (κ1) is 67.1. The largest absolute Gasteiger partial charge is 0.459 e. The van der Waals surface area contributed by atoms with Gasteiger partial charge in [-0.25, -0.2) is 19.8 Å². The molecular weight excluding hydrogens is 1090 g/mol. The molecule has 4 aliphatic heterocycles. The van der Waals surface area contributed by atoms with E-state index < -0.39 is 83.8 Å². The van der Waals surface area contributed by atoms with Crippen LogP contribution in [0.1, 0.15) is 144 Å². The van der Waals surface area contributed by atoms with E-state index in [2.05, 4.69) is 50.4 Å². The summed E-state index contributed by atoms with van der Waals surface area (Å²) in [5.41, 5.74) is 11.3. The molecule has 4 saturated heterocycles. The molecule has 10 atom stereocenters. The maximum Gasteiger partial charge on any atom is 0.426 e. The van der Waals surface area contributed by atoms with Gasteiger partial charge in [-0.1, -0.05) is 63.1 Å². The monoisotopic (exact) mass is 1180 g/mol. The van der Waals surface area contributed by atoms with Crippen molar-refractivity contribution in [2.45, 2.75) is 199 Å². The summed E-state index contributed by atoms with van der Waals surface area (Å²) in [6.07, 6.45) is 10.3. The number of esters is 1. The Morgan fingerprint density at radius 1 is 0.845 bits per heavy atom. The van der Waals surface area contributed by atoms with Gasteiger partial charge in [-0.2, -0.15) is 0 Å². The summed E-state index contributed by atoms with van der Waals surface area (Å²) in [6, 6.07) is 3.27. The zero-order valence-electron chi connectivity index (χ0n) is 49.0. The van der Waals surface area contributed by atoms with Crippen LogP contribution in [0, 0.1) is 11.8 Å². The van der Waals surface area contributed by atoms with Gasteiger partial charge >= 0.3 is 24.1 Å². The number of carbonyl (C=O) groups excluding carboxylic acids is 11. The van der Waals surface area contributed by atoms with Crippen molar-refractivity contribution in [2.75, 3.05) is 18.5 Å². The quantitative estimate of drug-likeness (QED) is 0.0107. The number of hydrogen-bond donors (Lipinski definition) is 8. The normalized spacial score (nSPS) is 23.3. The van der Waals surface area contributed by atoms with Gasteiger partial charge in [0.05, 0.1) is 49.1 Å². The summed E-state index contributed by atoms with van der Waals surface area (Å²) in [5.74, 6) is -4.95. The van der Waals surface area contributed by atoms with Crippen molar-refractivity contribution in [3.8, 4) is 0 Å². The van der Waals surface area contributed by atoms with E-state index in [4.69, 9.17) is 34.3 Å². The standard InChI is InChI=1S/C58H83N9O17/c1-34(2)53(64-47(69)13-9-8-10-14-52(74)84-67-50(72)25-26-51(67)73)55(76)63-44(12-11-27-60-56(59)77)54(75)61-41-20-18-40(19-21-41)32-79-57(78)66-65-49(71)29-43-31-58(33-80-58)30-42(83-43)22-15-35(3)16-23-46-36(4)28-45(38(6)82-46)62-48(70)24-17-37(5)81-39(7)68/h15-22,24,34,36-38,42-46,53H,8-14,23,25-33H2,1-7H3,(H,61,75)(H,62,70)(H,63,76)(H,64,69)(H,65,71)(H,66,78)(H3,59,60,77)/b22-15+,24-17-,35-16+/t36-,37-,38+,42+,43+,44-,45+,46-,53-,58+/m0/s1. The molecule has 26 nitrogen and oxygen atoms in total. The predicted octanol–water partition coefficient (Wildman–Crippen LogP) is 3.92. The number of nitrogens with zero attached hydrogens (tertiary/aromatic N) is 1. The molecule has 0 saturated carbocycles. The van der Waals surface area contributed by atoms with E-state index >= 15 is 0 Å². The molecule has 1 aromatic rings. The van der Waals surface area contributed by atoms with Crippen molar-refractivity contribution in [3.05, 3.63) is 65.8 Å². The molecule has 0 aromatic heterocycles. The van der Waals surface area contributed by atoms with E-state index in [9.17, 15) is 52.7 Å². The second-order valence-electron chi connectivity index (χ2n) is 22.1. The summed E-state index contributed by atoms with van der Waals surface area (Å²) in [4.78, 5) is 141. The Labute approximate surface area is 489 Å². The van der Waals surface area contributed by atoms with Gasteiger partial charge in [0.25, 0.3) is 11.8 Å². The summed E-state index contributed by atoms with van der Waals surface area (Å²) in [5, 5.41) is 14.1. The van der Waals surface area contributed by atoms with Gasteiger partial charge in [-0.3, -0.25) is 43.8 Å². The molecule has 4 fully saturated rings. The number of amides is 10. The van der Waals surface area contributed by atoms with Crippen LogP contribution in [0.4, 0.5) is 15.3 Å². The number of anilines is 1. The van der Waals surface area contributed by atoms with Gasteiger partial charge in [0.15, 0.2) is 0 Å². The molecule has 0 radical (unpaired) electrons. The van der Waals surface area contributed by atoms with Crippen molar-refractivity contribution in [1.82, 2.24) is 37.2 Å². The lowest BCUT2D eigenvalue weighted by Crippen LogP contribution is -2.54. The number of epoxide rings is 1. The number of primary amides is 1. The summed E-state index contributed by atoms with van der Waals surface area (Å²) in [7, 11) is 0. The number of imide groups is 1. The number of nitrogens with one attached hydrogen (secondary N) is 7. The summed E-state index contributed by atoms with van der Waals surface area (Å²) < 4.78 is 28.8. The third-order valence-corrected chi connectivity index (χ3v) is 14.4. The number of carbonyl (C=O) groups is 11. The Bertz CT molecular complexity index is 2590. The second-order valence-corrected chi connectivity index (χ2v) is 22.1.